The van der Waals surface area contributed by atoms with E-state index in [-0.39, 0.29) is 22.7 Å². The van der Waals surface area contributed by atoms with Crippen molar-refractivity contribution in [2.75, 3.05) is 0 Å². The Morgan fingerprint density at radius 3 is 2.90 bits per heavy atom. The fraction of sp³-hybridized carbons (Fsp3) is 0.333. The molecule has 1 amide bonds. The van der Waals surface area contributed by atoms with Crippen LogP contribution in [-0.4, -0.2) is 26.5 Å². The minimum absolute atomic E-state index is 0.0223. The molecule has 1 aliphatic rings. The zero-order valence-electron chi connectivity index (χ0n) is 10.3. The number of rotatable bonds is 4. The van der Waals surface area contributed by atoms with Crippen LogP contribution in [0.5, 0.6) is 0 Å². The molecule has 1 fully saturated rings. The summed E-state index contributed by atoms with van der Waals surface area (Å²) in [7, 11) is 0. The molecule has 2 aromatic rings. The molecule has 1 unspecified atom stereocenters. The highest BCUT2D eigenvalue weighted by molar-refractivity contribution is 6.30. The summed E-state index contributed by atoms with van der Waals surface area (Å²) in [6, 6.07) is 3.67. The first-order valence-corrected chi connectivity index (χ1v) is 6.51. The van der Waals surface area contributed by atoms with Gasteiger partial charge in [0.25, 0.3) is 0 Å². The van der Waals surface area contributed by atoms with Crippen LogP contribution in [0.15, 0.2) is 18.2 Å². The van der Waals surface area contributed by atoms with Crippen molar-refractivity contribution < 1.29 is 9.18 Å². The number of amides is 1. The summed E-state index contributed by atoms with van der Waals surface area (Å²) in [6.45, 7) is 0. The third-order valence-electron chi connectivity index (χ3n) is 3.13. The number of hydrogen-bond acceptors (Lipinski definition) is 4. The predicted octanol–water partition coefficient (Wildman–Crippen LogP) is 1.61. The Morgan fingerprint density at radius 2 is 2.30 bits per heavy atom. The second-order valence-electron chi connectivity index (χ2n) is 4.66. The lowest BCUT2D eigenvalue weighted by Gasteiger charge is -2.16. The van der Waals surface area contributed by atoms with Crippen LogP contribution in [-0.2, 0) is 4.79 Å². The highest BCUT2D eigenvalue weighted by atomic mass is 35.5. The summed E-state index contributed by atoms with van der Waals surface area (Å²) >= 11 is 5.66. The van der Waals surface area contributed by atoms with Gasteiger partial charge >= 0.3 is 0 Å². The third-order valence-corrected chi connectivity index (χ3v) is 3.44. The van der Waals surface area contributed by atoms with E-state index >= 15 is 0 Å². The van der Waals surface area contributed by atoms with Crippen LogP contribution in [0, 0.1) is 11.7 Å². The van der Waals surface area contributed by atoms with E-state index in [1.165, 1.54) is 12.1 Å². The summed E-state index contributed by atoms with van der Waals surface area (Å²) in [5, 5.41) is 16.3. The van der Waals surface area contributed by atoms with Crippen LogP contribution in [0.25, 0.3) is 0 Å². The van der Waals surface area contributed by atoms with E-state index in [2.05, 4.69) is 25.9 Å². The van der Waals surface area contributed by atoms with Crippen molar-refractivity contribution in [3.05, 3.63) is 40.4 Å². The maximum absolute atomic E-state index is 13.6. The van der Waals surface area contributed by atoms with Crippen molar-refractivity contribution in [2.45, 2.75) is 18.9 Å². The minimum atomic E-state index is -0.645. The maximum atomic E-state index is 13.6. The quantitative estimate of drug-likeness (QED) is 0.897. The SMILES string of the molecule is O=C(NC(c1ccc(Cl)c(F)c1)c1nn[nH]n1)C1CC1. The lowest BCUT2D eigenvalue weighted by molar-refractivity contribution is -0.122. The average molecular weight is 296 g/mol. The van der Waals surface area contributed by atoms with Crippen molar-refractivity contribution in [2.24, 2.45) is 5.92 Å². The van der Waals surface area contributed by atoms with E-state index in [9.17, 15) is 9.18 Å². The summed E-state index contributed by atoms with van der Waals surface area (Å²) in [5.41, 5.74) is 0.516. The smallest absolute Gasteiger partial charge is 0.223 e. The van der Waals surface area contributed by atoms with Gasteiger partial charge in [0.05, 0.1) is 5.02 Å². The molecule has 0 aliphatic heterocycles. The second kappa shape index (κ2) is 5.16. The Hall–Kier alpha value is -2.02. The van der Waals surface area contributed by atoms with Crippen LogP contribution >= 0.6 is 11.6 Å². The summed E-state index contributed by atoms with van der Waals surface area (Å²) in [6.07, 6.45) is 1.75. The van der Waals surface area contributed by atoms with E-state index in [0.29, 0.717) is 5.56 Å². The van der Waals surface area contributed by atoms with Gasteiger partial charge in [-0.15, -0.1) is 10.2 Å². The molecule has 6 nitrogen and oxygen atoms in total. The third kappa shape index (κ3) is 2.62. The topological polar surface area (TPSA) is 83.6 Å². The number of hydrogen-bond donors (Lipinski definition) is 2. The first kappa shape index (κ1) is 13.0. The van der Waals surface area contributed by atoms with Gasteiger partial charge in [0, 0.05) is 5.92 Å². The van der Waals surface area contributed by atoms with Crippen molar-refractivity contribution >= 4 is 17.5 Å². The van der Waals surface area contributed by atoms with Crippen molar-refractivity contribution in [1.82, 2.24) is 25.9 Å². The van der Waals surface area contributed by atoms with Gasteiger partial charge in [0.15, 0.2) is 0 Å². The molecule has 1 aromatic heterocycles. The molecule has 0 spiro atoms. The highest BCUT2D eigenvalue weighted by Gasteiger charge is 2.32. The highest BCUT2D eigenvalue weighted by Crippen LogP contribution is 2.31. The molecule has 1 aliphatic carbocycles. The minimum Gasteiger partial charge on any atom is -0.342 e. The summed E-state index contributed by atoms with van der Waals surface area (Å²) < 4.78 is 13.6. The molecule has 0 saturated heterocycles. The monoisotopic (exact) mass is 295 g/mol. The predicted molar refractivity (Wildman–Crippen MR) is 68.3 cm³/mol. The van der Waals surface area contributed by atoms with Crippen molar-refractivity contribution in [3.8, 4) is 0 Å². The lowest BCUT2D eigenvalue weighted by atomic mass is 10.1. The Bertz CT molecular complexity index is 629. The molecule has 20 heavy (non-hydrogen) atoms. The van der Waals surface area contributed by atoms with Gasteiger partial charge in [-0.1, -0.05) is 22.9 Å². The number of nitrogens with one attached hydrogen (secondary N) is 2. The van der Waals surface area contributed by atoms with E-state index < -0.39 is 11.9 Å². The number of carbonyl (C=O) groups is 1. The Labute approximate surface area is 118 Å². The molecule has 8 heteroatoms. The molecule has 1 atom stereocenters. The lowest BCUT2D eigenvalue weighted by Crippen LogP contribution is -2.31. The molecular weight excluding hydrogens is 285 g/mol. The Kier molecular flexibility index (Phi) is 3.35. The molecule has 1 aromatic carbocycles. The molecule has 1 saturated carbocycles. The number of H-pyrrole nitrogens is 1. The number of nitrogens with zero attached hydrogens (tertiary/aromatic N) is 3. The Balaban J connectivity index is 1.91. The average Bonchev–Trinajstić information content (AvgIpc) is 3.15. The summed E-state index contributed by atoms with van der Waals surface area (Å²) in [5.74, 6) is -0.337. The molecule has 0 radical (unpaired) electrons. The second-order valence-corrected chi connectivity index (χ2v) is 5.07. The molecular formula is C12H11ClFN5O. The number of halogens is 2. The van der Waals surface area contributed by atoms with Crippen LogP contribution in [0.4, 0.5) is 4.39 Å². The zero-order valence-corrected chi connectivity index (χ0v) is 11.1. The maximum Gasteiger partial charge on any atom is 0.223 e. The van der Waals surface area contributed by atoms with Gasteiger partial charge in [-0.3, -0.25) is 4.79 Å². The van der Waals surface area contributed by atoms with E-state index in [4.69, 9.17) is 11.6 Å². The van der Waals surface area contributed by atoms with Gasteiger partial charge in [-0.25, -0.2) is 4.39 Å². The van der Waals surface area contributed by atoms with Gasteiger partial charge in [0.1, 0.15) is 11.9 Å². The van der Waals surface area contributed by atoms with E-state index in [1.807, 2.05) is 0 Å². The number of aromatic amines is 1. The number of benzene rings is 1. The van der Waals surface area contributed by atoms with E-state index in [0.717, 1.165) is 12.8 Å². The number of carbonyl (C=O) groups excluding carboxylic acids is 1. The fourth-order valence-electron chi connectivity index (χ4n) is 1.89. The molecule has 104 valence electrons. The van der Waals surface area contributed by atoms with Gasteiger partial charge in [0.2, 0.25) is 11.7 Å². The van der Waals surface area contributed by atoms with Crippen molar-refractivity contribution in [1.29, 1.82) is 0 Å². The molecule has 3 rings (SSSR count). The standard InChI is InChI=1S/C12H11ClFN5O/c13-8-4-3-7(5-9(8)14)10(11-16-18-19-17-11)15-12(20)6-1-2-6/h3-6,10H,1-2H2,(H,15,20)(H,16,17,18,19). The summed E-state index contributed by atoms with van der Waals surface area (Å²) in [4.78, 5) is 11.9. The van der Waals surface area contributed by atoms with Crippen LogP contribution in [0.3, 0.4) is 0 Å². The van der Waals surface area contributed by atoms with Crippen LogP contribution in [0.2, 0.25) is 5.02 Å². The first-order chi connectivity index (χ1) is 9.65. The first-order valence-electron chi connectivity index (χ1n) is 6.14. The van der Waals surface area contributed by atoms with Gasteiger partial charge < -0.3 is 5.32 Å². The number of tetrazole rings is 1. The molecule has 0 bridgehead atoms. The zero-order chi connectivity index (χ0) is 14.1. The molecule has 1 heterocycles. The van der Waals surface area contributed by atoms with Gasteiger partial charge in [-0.05, 0) is 30.5 Å². The fourth-order valence-corrected chi connectivity index (χ4v) is 2.00. The van der Waals surface area contributed by atoms with E-state index in [1.54, 1.807) is 6.07 Å². The van der Waals surface area contributed by atoms with Crippen molar-refractivity contribution in [3.63, 3.8) is 0 Å². The van der Waals surface area contributed by atoms with Crippen LogP contribution in [0.1, 0.15) is 30.3 Å². The van der Waals surface area contributed by atoms with Crippen LogP contribution < -0.4 is 5.32 Å². The largest absolute Gasteiger partial charge is 0.342 e. The molecule has 2 N–H and O–H groups in total. The normalized spacial score (nSPS) is 15.9. The Morgan fingerprint density at radius 1 is 1.50 bits per heavy atom. The van der Waals surface area contributed by atoms with Gasteiger partial charge in [-0.2, -0.15) is 5.21 Å². The number of aromatic nitrogens is 4.